The highest BCUT2D eigenvalue weighted by molar-refractivity contribution is 5.80. The second kappa shape index (κ2) is 12.1. The highest BCUT2D eigenvalue weighted by atomic mass is 16.5. The lowest BCUT2D eigenvalue weighted by atomic mass is 10.1. The summed E-state index contributed by atoms with van der Waals surface area (Å²) in [6.45, 7) is 4.90. The number of aryl methyl sites for hydroxylation is 3. The zero-order valence-electron chi connectivity index (χ0n) is 20.3. The first-order chi connectivity index (χ1) is 16.4. The third-order valence-electron chi connectivity index (χ3n) is 5.85. The topological polar surface area (TPSA) is 81.5 Å². The molecule has 34 heavy (non-hydrogen) atoms. The van der Waals surface area contributed by atoms with Crippen LogP contribution in [0.1, 0.15) is 49.9 Å². The molecule has 0 saturated heterocycles. The van der Waals surface area contributed by atoms with E-state index in [0.717, 1.165) is 35.9 Å². The van der Waals surface area contributed by atoms with Gasteiger partial charge in [0.1, 0.15) is 5.69 Å². The fraction of sp³-hybridized carbons (Fsp3) is 0.407. The minimum atomic E-state index is -0.525. The normalized spacial score (nSPS) is 10.9. The smallest absolute Gasteiger partial charge is 0.306 e. The van der Waals surface area contributed by atoms with Gasteiger partial charge in [-0.3, -0.25) is 14.4 Å². The third kappa shape index (κ3) is 6.53. The van der Waals surface area contributed by atoms with E-state index in [4.69, 9.17) is 4.74 Å². The van der Waals surface area contributed by atoms with Crippen LogP contribution in [0.3, 0.4) is 0 Å². The lowest BCUT2D eigenvalue weighted by Crippen LogP contribution is -2.31. The van der Waals surface area contributed by atoms with Gasteiger partial charge in [0.05, 0.1) is 17.5 Å². The maximum atomic E-state index is 13.0. The largest absolute Gasteiger partial charge is 0.456 e. The average Bonchev–Trinajstić information content (AvgIpc) is 2.86. The monoisotopic (exact) mass is 463 g/mol. The van der Waals surface area contributed by atoms with Gasteiger partial charge < -0.3 is 14.2 Å². The molecule has 0 aliphatic rings. The van der Waals surface area contributed by atoms with Gasteiger partial charge in [-0.2, -0.15) is 0 Å². The Morgan fingerprint density at radius 2 is 1.74 bits per heavy atom. The van der Waals surface area contributed by atoms with Crippen molar-refractivity contribution in [2.45, 2.75) is 59.0 Å². The number of unbranched alkanes of at least 4 members (excludes halogenated alkanes) is 1. The van der Waals surface area contributed by atoms with Gasteiger partial charge in [0.25, 0.3) is 11.5 Å². The first kappa shape index (κ1) is 25.1. The molecule has 1 amide bonds. The Morgan fingerprint density at radius 1 is 1.03 bits per heavy atom. The molecule has 0 radical (unpaired) electrons. The first-order valence-electron chi connectivity index (χ1n) is 11.9. The molecule has 0 aliphatic carbocycles. The summed E-state index contributed by atoms with van der Waals surface area (Å²) in [6.07, 6.45) is 2.98. The van der Waals surface area contributed by atoms with Gasteiger partial charge in [0.15, 0.2) is 6.61 Å². The van der Waals surface area contributed by atoms with Crippen molar-refractivity contribution in [2.24, 2.45) is 0 Å². The summed E-state index contributed by atoms with van der Waals surface area (Å²) in [4.78, 5) is 43.6. The number of carbonyl (C=O) groups is 2. The molecular formula is C27H33N3O4. The molecule has 1 heterocycles. The van der Waals surface area contributed by atoms with Crippen molar-refractivity contribution in [3.63, 3.8) is 0 Å². The number of rotatable bonds is 11. The second-order valence-electron chi connectivity index (χ2n) is 8.44. The first-order valence-corrected chi connectivity index (χ1v) is 11.9. The zero-order valence-corrected chi connectivity index (χ0v) is 20.3. The molecule has 1 aromatic heterocycles. The van der Waals surface area contributed by atoms with Gasteiger partial charge in [0, 0.05) is 26.6 Å². The highest BCUT2D eigenvalue weighted by Crippen LogP contribution is 2.12. The molecule has 7 nitrogen and oxygen atoms in total. The van der Waals surface area contributed by atoms with Crippen LogP contribution in [-0.4, -0.2) is 40.0 Å². The summed E-state index contributed by atoms with van der Waals surface area (Å²) in [5, 5.41) is 0. The van der Waals surface area contributed by atoms with Crippen LogP contribution in [0.2, 0.25) is 0 Å². The number of nitrogens with zero attached hydrogens (tertiary/aromatic N) is 3. The fourth-order valence-corrected chi connectivity index (χ4v) is 3.73. The van der Waals surface area contributed by atoms with Crippen molar-refractivity contribution in [2.75, 3.05) is 13.7 Å². The molecular weight excluding hydrogens is 430 g/mol. The van der Waals surface area contributed by atoms with Gasteiger partial charge in [-0.25, -0.2) is 4.98 Å². The quantitative estimate of drug-likeness (QED) is 0.403. The van der Waals surface area contributed by atoms with Crippen molar-refractivity contribution < 1.29 is 14.3 Å². The highest BCUT2D eigenvalue weighted by Gasteiger charge is 2.15. The standard InChI is InChI=1S/C27H33N3O4/c1-4-6-17-30-24-10-8-7-9-22(24)28-23(27(30)33)15-16-26(32)34-19-25(31)29(3)18-21-13-11-20(5-2)12-14-21/h7-14H,4-6,15-19H2,1-3H3. The van der Waals surface area contributed by atoms with Crippen LogP contribution in [0.5, 0.6) is 0 Å². The minimum absolute atomic E-state index is 0.0101. The Labute approximate surface area is 200 Å². The molecule has 0 saturated carbocycles. The summed E-state index contributed by atoms with van der Waals surface area (Å²) < 4.78 is 6.91. The predicted octanol–water partition coefficient (Wildman–Crippen LogP) is 3.89. The maximum Gasteiger partial charge on any atom is 0.306 e. The van der Waals surface area contributed by atoms with Crippen LogP contribution in [0.15, 0.2) is 53.3 Å². The van der Waals surface area contributed by atoms with Crippen molar-refractivity contribution in [3.05, 3.63) is 75.7 Å². The van der Waals surface area contributed by atoms with Crippen LogP contribution in [0.4, 0.5) is 0 Å². The van der Waals surface area contributed by atoms with E-state index in [1.54, 1.807) is 11.6 Å². The number of likely N-dealkylation sites (N-methyl/N-ethyl adjacent to an activating group) is 1. The van der Waals surface area contributed by atoms with Gasteiger partial charge >= 0.3 is 5.97 Å². The minimum Gasteiger partial charge on any atom is -0.456 e. The molecule has 3 aromatic rings. The number of amides is 1. The van der Waals surface area contributed by atoms with Crippen LogP contribution in [0.25, 0.3) is 11.0 Å². The van der Waals surface area contributed by atoms with Crippen molar-refractivity contribution in [3.8, 4) is 0 Å². The van der Waals surface area contributed by atoms with Crippen molar-refractivity contribution in [1.82, 2.24) is 14.5 Å². The molecule has 0 N–H and O–H groups in total. The lowest BCUT2D eigenvalue weighted by Gasteiger charge is -2.17. The Morgan fingerprint density at radius 3 is 2.44 bits per heavy atom. The maximum absolute atomic E-state index is 13.0. The van der Waals surface area contributed by atoms with Crippen LogP contribution in [-0.2, 0) is 40.3 Å². The molecule has 0 unspecified atom stereocenters. The molecule has 3 rings (SSSR count). The number of ether oxygens (including phenoxy) is 1. The molecule has 0 atom stereocenters. The number of benzene rings is 2. The Balaban J connectivity index is 1.55. The zero-order chi connectivity index (χ0) is 24.5. The molecule has 7 heteroatoms. The van der Waals surface area contributed by atoms with Gasteiger partial charge in [-0.1, -0.05) is 56.7 Å². The van der Waals surface area contributed by atoms with Crippen LogP contribution >= 0.6 is 0 Å². The molecule has 180 valence electrons. The SMILES string of the molecule is CCCCn1c(=O)c(CCC(=O)OCC(=O)N(C)Cc2ccc(CC)cc2)nc2ccccc21. The number of para-hydroxylation sites is 2. The molecule has 0 bridgehead atoms. The Hall–Kier alpha value is -3.48. The molecule has 0 aliphatic heterocycles. The van der Waals surface area contributed by atoms with E-state index < -0.39 is 5.97 Å². The molecule has 0 spiro atoms. The fourth-order valence-electron chi connectivity index (χ4n) is 3.73. The number of aromatic nitrogens is 2. The summed E-state index contributed by atoms with van der Waals surface area (Å²) >= 11 is 0. The summed E-state index contributed by atoms with van der Waals surface area (Å²) in [7, 11) is 1.68. The van der Waals surface area contributed by atoms with Gasteiger partial charge in [-0.15, -0.1) is 0 Å². The van der Waals surface area contributed by atoms with Crippen LogP contribution < -0.4 is 5.56 Å². The van der Waals surface area contributed by atoms with E-state index in [1.807, 2.05) is 48.5 Å². The molecule has 0 fully saturated rings. The van der Waals surface area contributed by atoms with Crippen LogP contribution in [0, 0.1) is 0 Å². The molecule has 2 aromatic carbocycles. The Bertz CT molecular complexity index is 1180. The van der Waals surface area contributed by atoms with E-state index in [2.05, 4.69) is 18.8 Å². The van der Waals surface area contributed by atoms with E-state index in [0.29, 0.717) is 18.8 Å². The van der Waals surface area contributed by atoms with Gasteiger partial charge in [0.2, 0.25) is 0 Å². The van der Waals surface area contributed by atoms with Gasteiger partial charge in [-0.05, 0) is 36.1 Å². The summed E-state index contributed by atoms with van der Waals surface area (Å²) in [5.74, 6) is -0.804. The third-order valence-corrected chi connectivity index (χ3v) is 5.85. The van der Waals surface area contributed by atoms with E-state index in [1.165, 1.54) is 10.5 Å². The van der Waals surface area contributed by atoms with E-state index >= 15 is 0 Å². The van der Waals surface area contributed by atoms with E-state index in [9.17, 15) is 14.4 Å². The summed E-state index contributed by atoms with van der Waals surface area (Å²) in [6, 6.07) is 15.6. The number of esters is 1. The van der Waals surface area contributed by atoms with Crippen molar-refractivity contribution in [1.29, 1.82) is 0 Å². The van der Waals surface area contributed by atoms with Crippen molar-refractivity contribution >= 4 is 22.9 Å². The number of fused-ring (bicyclic) bond motifs is 1. The Kier molecular flexibility index (Phi) is 8.96. The lowest BCUT2D eigenvalue weighted by molar-refractivity contribution is -0.151. The average molecular weight is 464 g/mol. The summed E-state index contributed by atoms with van der Waals surface area (Å²) in [5.41, 5.74) is 3.94. The number of carbonyl (C=O) groups excluding carboxylic acids is 2. The second-order valence-corrected chi connectivity index (χ2v) is 8.44. The number of hydrogen-bond acceptors (Lipinski definition) is 5. The predicted molar refractivity (Wildman–Crippen MR) is 132 cm³/mol. The van der Waals surface area contributed by atoms with E-state index in [-0.39, 0.29) is 30.9 Å². The number of hydrogen-bond donors (Lipinski definition) is 0.